The molecule has 0 bridgehead atoms. The molecule has 0 spiro atoms. The van der Waals surface area contributed by atoms with Gasteiger partial charge in [-0.1, -0.05) is 53.7 Å². The Morgan fingerprint density at radius 3 is 2.25 bits per heavy atom. The summed E-state index contributed by atoms with van der Waals surface area (Å²) in [6.45, 7) is 0.0613. The van der Waals surface area contributed by atoms with Crippen LogP contribution in [0.1, 0.15) is 21.6 Å². The predicted molar refractivity (Wildman–Crippen MR) is 101 cm³/mol. The summed E-state index contributed by atoms with van der Waals surface area (Å²) < 4.78 is 4.69. The van der Waals surface area contributed by atoms with Crippen molar-refractivity contribution in [1.82, 2.24) is 15.8 Å². The van der Waals surface area contributed by atoms with Crippen molar-refractivity contribution >= 4 is 17.6 Å². The van der Waals surface area contributed by atoms with Crippen LogP contribution in [0.3, 0.4) is 0 Å². The Morgan fingerprint density at radius 1 is 0.929 bits per heavy atom. The van der Waals surface area contributed by atoms with E-state index in [0.29, 0.717) is 11.3 Å². The number of carbonyl (C=O) groups is 3. The second-order valence-electron chi connectivity index (χ2n) is 6.12. The fourth-order valence-electron chi connectivity index (χ4n) is 2.64. The number of ketones is 1. The summed E-state index contributed by atoms with van der Waals surface area (Å²) in [7, 11) is 0. The first-order valence-electron chi connectivity index (χ1n) is 8.74. The highest BCUT2D eigenvalue weighted by molar-refractivity contribution is 6.38. The van der Waals surface area contributed by atoms with Gasteiger partial charge in [0.15, 0.2) is 0 Å². The lowest BCUT2D eigenvalue weighted by molar-refractivity contribution is -0.139. The lowest BCUT2D eigenvalue weighted by Crippen LogP contribution is -2.48. The second kappa shape index (κ2) is 9.27. The second-order valence-corrected chi connectivity index (χ2v) is 6.12. The van der Waals surface area contributed by atoms with Crippen LogP contribution >= 0.6 is 0 Å². The third-order valence-corrected chi connectivity index (χ3v) is 4.09. The standard InChI is InChI=1S/C21H19N3O4/c25-19(21(27)22-14-17-11-12-28-24-17)18(13-15-7-3-1-4-8-15)23-20(26)16-9-5-2-6-10-16/h1-12,18H,13-14H2,(H,22,27)(H,23,26)/t18-/m1/s1. The third-order valence-electron chi connectivity index (χ3n) is 4.09. The van der Waals surface area contributed by atoms with Gasteiger partial charge in [-0.05, 0) is 17.7 Å². The van der Waals surface area contributed by atoms with E-state index in [9.17, 15) is 14.4 Å². The van der Waals surface area contributed by atoms with Gasteiger partial charge in [-0.25, -0.2) is 0 Å². The van der Waals surface area contributed by atoms with E-state index >= 15 is 0 Å². The van der Waals surface area contributed by atoms with Crippen LogP contribution in [-0.4, -0.2) is 28.8 Å². The van der Waals surface area contributed by atoms with Crippen LogP contribution in [0.4, 0.5) is 0 Å². The number of nitrogens with one attached hydrogen (secondary N) is 2. The van der Waals surface area contributed by atoms with Crippen molar-refractivity contribution in [2.24, 2.45) is 0 Å². The van der Waals surface area contributed by atoms with Gasteiger partial charge in [0, 0.05) is 18.1 Å². The summed E-state index contributed by atoms with van der Waals surface area (Å²) in [5, 5.41) is 8.85. The van der Waals surface area contributed by atoms with Gasteiger partial charge in [0.2, 0.25) is 5.78 Å². The number of amides is 2. The van der Waals surface area contributed by atoms with Gasteiger partial charge >= 0.3 is 0 Å². The molecule has 0 aliphatic rings. The Balaban J connectivity index is 1.71. The highest BCUT2D eigenvalue weighted by Crippen LogP contribution is 2.07. The average Bonchev–Trinajstić information content (AvgIpc) is 3.26. The Bertz CT molecular complexity index is 925. The molecule has 1 heterocycles. The molecule has 0 saturated carbocycles. The lowest BCUT2D eigenvalue weighted by atomic mass is 10.0. The molecular formula is C21H19N3O4. The van der Waals surface area contributed by atoms with Gasteiger partial charge in [-0.15, -0.1) is 0 Å². The van der Waals surface area contributed by atoms with Crippen LogP contribution in [-0.2, 0) is 22.6 Å². The molecule has 3 rings (SSSR count). The molecule has 1 atom stereocenters. The average molecular weight is 377 g/mol. The van der Waals surface area contributed by atoms with Crippen LogP contribution in [0.2, 0.25) is 0 Å². The fourth-order valence-corrected chi connectivity index (χ4v) is 2.64. The minimum absolute atomic E-state index is 0.0613. The molecule has 2 N–H and O–H groups in total. The zero-order valence-electron chi connectivity index (χ0n) is 15.0. The largest absolute Gasteiger partial charge is 0.364 e. The molecule has 2 amide bonds. The number of benzene rings is 2. The Morgan fingerprint density at radius 2 is 1.61 bits per heavy atom. The first kappa shape index (κ1) is 19.0. The minimum Gasteiger partial charge on any atom is -0.364 e. The fraction of sp³-hybridized carbons (Fsp3) is 0.143. The van der Waals surface area contributed by atoms with Crippen molar-refractivity contribution in [1.29, 1.82) is 0 Å². The zero-order valence-corrected chi connectivity index (χ0v) is 15.0. The first-order valence-corrected chi connectivity index (χ1v) is 8.74. The van der Waals surface area contributed by atoms with E-state index in [1.807, 2.05) is 30.3 Å². The van der Waals surface area contributed by atoms with E-state index in [1.54, 1.807) is 36.4 Å². The van der Waals surface area contributed by atoms with Crippen molar-refractivity contribution in [3.8, 4) is 0 Å². The highest BCUT2D eigenvalue weighted by atomic mass is 16.5. The molecule has 142 valence electrons. The molecule has 2 aromatic carbocycles. The summed E-state index contributed by atoms with van der Waals surface area (Å²) in [5.74, 6) is -1.94. The Labute approximate surface area is 161 Å². The monoisotopic (exact) mass is 377 g/mol. The van der Waals surface area contributed by atoms with Gasteiger partial charge in [-0.2, -0.15) is 0 Å². The molecular weight excluding hydrogens is 358 g/mol. The minimum atomic E-state index is -0.993. The summed E-state index contributed by atoms with van der Waals surface area (Å²) in [4.78, 5) is 37.5. The van der Waals surface area contributed by atoms with Gasteiger partial charge in [-0.3, -0.25) is 14.4 Å². The van der Waals surface area contributed by atoms with Crippen LogP contribution in [0.25, 0.3) is 0 Å². The molecule has 0 radical (unpaired) electrons. The summed E-state index contributed by atoms with van der Waals surface area (Å²) in [6, 6.07) is 18.3. The summed E-state index contributed by atoms with van der Waals surface area (Å²) >= 11 is 0. The lowest BCUT2D eigenvalue weighted by Gasteiger charge is -2.17. The van der Waals surface area contributed by atoms with Crippen LogP contribution in [0.15, 0.2) is 77.5 Å². The Kier molecular flexibility index (Phi) is 6.30. The predicted octanol–water partition coefficient (Wildman–Crippen LogP) is 1.90. The third kappa shape index (κ3) is 5.14. The number of aromatic nitrogens is 1. The maximum absolute atomic E-state index is 12.7. The van der Waals surface area contributed by atoms with E-state index in [4.69, 9.17) is 4.52 Å². The number of hydrogen-bond acceptors (Lipinski definition) is 5. The smallest absolute Gasteiger partial charge is 0.289 e. The summed E-state index contributed by atoms with van der Waals surface area (Å²) in [6.07, 6.45) is 1.58. The van der Waals surface area contributed by atoms with Gasteiger partial charge < -0.3 is 15.2 Å². The van der Waals surface area contributed by atoms with Crippen molar-refractivity contribution in [2.75, 3.05) is 0 Å². The molecule has 0 saturated heterocycles. The van der Waals surface area contributed by atoms with E-state index < -0.39 is 23.6 Å². The number of hydrogen-bond donors (Lipinski definition) is 2. The number of carbonyl (C=O) groups excluding carboxylic acids is 3. The van der Waals surface area contributed by atoms with E-state index in [2.05, 4.69) is 15.8 Å². The Hall–Kier alpha value is -3.74. The SMILES string of the molecule is O=C(NCc1ccon1)C(=O)[C@@H](Cc1ccccc1)NC(=O)c1ccccc1. The van der Waals surface area contributed by atoms with Gasteiger partial charge in [0.1, 0.15) is 18.0 Å². The molecule has 1 aromatic heterocycles. The van der Waals surface area contributed by atoms with E-state index in [1.165, 1.54) is 6.26 Å². The van der Waals surface area contributed by atoms with Gasteiger partial charge in [0.25, 0.3) is 11.8 Å². The molecule has 7 nitrogen and oxygen atoms in total. The number of nitrogens with zero attached hydrogens (tertiary/aromatic N) is 1. The quantitative estimate of drug-likeness (QED) is 0.584. The molecule has 0 fully saturated rings. The van der Waals surface area contributed by atoms with Crippen LogP contribution < -0.4 is 10.6 Å². The maximum atomic E-state index is 12.7. The molecule has 0 aliphatic heterocycles. The summed E-state index contributed by atoms with van der Waals surface area (Å²) in [5.41, 5.74) is 1.74. The topological polar surface area (TPSA) is 101 Å². The first-order chi connectivity index (χ1) is 13.6. The van der Waals surface area contributed by atoms with Crippen LogP contribution in [0, 0.1) is 0 Å². The van der Waals surface area contributed by atoms with E-state index in [-0.39, 0.29) is 13.0 Å². The number of Topliss-reactive ketones (excluding diaryl/α,β-unsaturated/α-hetero) is 1. The van der Waals surface area contributed by atoms with Crippen LogP contribution in [0.5, 0.6) is 0 Å². The van der Waals surface area contributed by atoms with Crippen molar-refractivity contribution in [2.45, 2.75) is 19.0 Å². The van der Waals surface area contributed by atoms with Crippen molar-refractivity contribution < 1.29 is 18.9 Å². The maximum Gasteiger partial charge on any atom is 0.289 e. The van der Waals surface area contributed by atoms with Gasteiger partial charge in [0.05, 0.1) is 6.54 Å². The molecule has 28 heavy (non-hydrogen) atoms. The number of rotatable bonds is 8. The molecule has 0 aliphatic carbocycles. The zero-order chi connectivity index (χ0) is 19.8. The van der Waals surface area contributed by atoms with Crippen molar-refractivity contribution in [3.63, 3.8) is 0 Å². The van der Waals surface area contributed by atoms with E-state index in [0.717, 1.165) is 5.56 Å². The normalized spacial score (nSPS) is 11.4. The molecule has 0 unspecified atom stereocenters. The molecule has 7 heteroatoms. The molecule has 3 aromatic rings. The highest BCUT2D eigenvalue weighted by Gasteiger charge is 2.27. The van der Waals surface area contributed by atoms with Crippen molar-refractivity contribution in [3.05, 3.63) is 89.8 Å².